The van der Waals surface area contributed by atoms with Crippen LogP contribution in [0.1, 0.15) is 29.9 Å². The highest BCUT2D eigenvalue weighted by atomic mass is 16.5. The molecule has 9 heteroatoms. The van der Waals surface area contributed by atoms with Gasteiger partial charge in [0.15, 0.2) is 6.04 Å². The molecular weight excluding hydrogens is 372 g/mol. The Kier molecular flexibility index (Phi) is 5.98. The van der Waals surface area contributed by atoms with Crippen molar-refractivity contribution in [2.24, 2.45) is 0 Å². The number of ether oxygens (including phenoxy) is 2. The summed E-state index contributed by atoms with van der Waals surface area (Å²) in [5, 5.41) is 13.3. The SMILES string of the molecule is CCc1ccc2[nH]c(=O)c([C@@H](c3nnnn3CCOC)[NH+]3CCOCC3)cc2c1. The summed E-state index contributed by atoms with van der Waals surface area (Å²) in [6, 6.07) is 7.88. The normalized spacial score (nSPS) is 16.3. The Morgan fingerprint density at radius 1 is 1.31 bits per heavy atom. The molecule has 154 valence electrons. The van der Waals surface area contributed by atoms with E-state index in [1.807, 2.05) is 18.2 Å². The van der Waals surface area contributed by atoms with E-state index >= 15 is 0 Å². The van der Waals surface area contributed by atoms with Crippen LogP contribution in [0.3, 0.4) is 0 Å². The number of morpholine rings is 1. The Morgan fingerprint density at radius 3 is 2.90 bits per heavy atom. The molecule has 1 aliphatic heterocycles. The Morgan fingerprint density at radius 2 is 2.14 bits per heavy atom. The maximum atomic E-state index is 13.1. The number of methoxy groups -OCH3 is 1. The molecule has 0 bridgehead atoms. The third-order valence-corrected chi connectivity index (χ3v) is 5.52. The summed E-state index contributed by atoms with van der Waals surface area (Å²) < 4.78 is 12.5. The fourth-order valence-electron chi connectivity index (χ4n) is 3.93. The van der Waals surface area contributed by atoms with Gasteiger partial charge in [-0.2, -0.15) is 0 Å². The lowest BCUT2D eigenvalue weighted by atomic mass is 10.0. The Balaban J connectivity index is 1.83. The highest BCUT2D eigenvalue weighted by Crippen LogP contribution is 2.20. The molecule has 1 fully saturated rings. The van der Waals surface area contributed by atoms with Gasteiger partial charge in [0.1, 0.15) is 13.1 Å². The number of hydrogen-bond acceptors (Lipinski definition) is 6. The first-order valence-corrected chi connectivity index (χ1v) is 10.0. The highest BCUT2D eigenvalue weighted by Gasteiger charge is 2.35. The average molecular weight is 399 g/mol. The number of rotatable bonds is 7. The Hall–Kier alpha value is -2.62. The molecule has 3 heterocycles. The van der Waals surface area contributed by atoms with Crippen LogP contribution in [0, 0.1) is 0 Å². The van der Waals surface area contributed by atoms with Crippen molar-refractivity contribution in [3.8, 4) is 0 Å². The number of aromatic nitrogens is 5. The second-order valence-corrected chi connectivity index (χ2v) is 7.29. The van der Waals surface area contributed by atoms with Gasteiger partial charge in [-0.05, 0) is 46.0 Å². The van der Waals surface area contributed by atoms with Gasteiger partial charge in [-0.3, -0.25) is 4.79 Å². The predicted octanol–water partition coefficient (Wildman–Crippen LogP) is -0.272. The van der Waals surface area contributed by atoms with E-state index in [0.29, 0.717) is 37.8 Å². The zero-order valence-electron chi connectivity index (χ0n) is 16.9. The highest BCUT2D eigenvalue weighted by molar-refractivity contribution is 5.79. The lowest BCUT2D eigenvalue weighted by Crippen LogP contribution is -3.14. The molecule has 0 saturated carbocycles. The monoisotopic (exact) mass is 399 g/mol. The summed E-state index contributed by atoms with van der Waals surface area (Å²) in [5.41, 5.74) is 2.64. The van der Waals surface area contributed by atoms with E-state index in [4.69, 9.17) is 9.47 Å². The van der Waals surface area contributed by atoms with Gasteiger partial charge in [0.2, 0.25) is 5.82 Å². The molecule has 4 rings (SSSR count). The maximum Gasteiger partial charge on any atom is 0.258 e. The molecule has 29 heavy (non-hydrogen) atoms. The molecule has 3 aromatic rings. The first kappa shape index (κ1) is 19.7. The number of nitrogens with one attached hydrogen (secondary N) is 2. The summed E-state index contributed by atoms with van der Waals surface area (Å²) >= 11 is 0. The Labute approximate surface area is 168 Å². The van der Waals surface area contributed by atoms with E-state index in [2.05, 4.69) is 33.5 Å². The molecule has 1 saturated heterocycles. The van der Waals surface area contributed by atoms with Crippen molar-refractivity contribution in [1.82, 2.24) is 25.2 Å². The number of hydrogen-bond donors (Lipinski definition) is 2. The zero-order valence-corrected chi connectivity index (χ0v) is 16.9. The fourth-order valence-corrected chi connectivity index (χ4v) is 3.93. The third-order valence-electron chi connectivity index (χ3n) is 5.52. The fraction of sp³-hybridized carbons (Fsp3) is 0.500. The number of H-pyrrole nitrogens is 1. The van der Waals surface area contributed by atoms with Gasteiger partial charge in [-0.1, -0.05) is 13.0 Å². The number of tetrazole rings is 1. The number of benzene rings is 1. The van der Waals surface area contributed by atoms with Crippen LogP contribution in [0.25, 0.3) is 10.9 Å². The van der Waals surface area contributed by atoms with Crippen molar-refractivity contribution in [2.45, 2.75) is 25.9 Å². The standard InChI is InChI=1S/C20H26N6O3/c1-3-14-4-5-17-15(12-14)13-16(20(27)21-17)18(25-6-10-29-11-7-25)19-22-23-24-26(19)8-9-28-2/h4-5,12-13,18H,3,6-11H2,1-2H3,(H,21,27)/p+1/t18-/m0/s1. The Bertz CT molecular complexity index is 1020. The smallest absolute Gasteiger partial charge is 0.258 e. The van der Waals surface area contributed by atoms with Crippen molar-refractivity contribution in [3.05, 3.63) is 51.6 Å². The first-order valence-electron chi connectivity index (χ1n) is 10.0. The molecular formula is C20H27N6O3+. The van der Waals surface area contributed by atoms with Crippen LogP contribution in [0.4, 0.5) is 0 Å². The third kappa shape index (κ3) is 4.07. The van der Waals surface area contributed by atoms with Crippen LogP contribution in [0.15, 0.2) is 29.1 Å². The predicted molar refractivity (Wildman–Crippen MR) is 107 cm³/mol. The lowest BCUT2D eigenvalue weighted by molar-refractivity contribution is -0.933. The van der Waals surface area contributed by atoms with Crippen LogP contribution < -0.4 is 10.5 Å². The van der Waals surface area contributed by atoms with Crippen molar-refractivity contribution in [1.29, 1.82) is 0 Å². The van der Waals surface area contributed by atoms with Gasteiger partial charge < -0.3 is 19.4 Å². The van der Waals surface area contributed by atoms with E-state index in [1.165, 1.54) is 10.5 Å². The van der Waals surface area contributed by atoms with Crippen LogP contribution in [-0.4, -0.2) is 65.2 Å². The summed E-state index contributed by atoms with van der Waals surface area (Å²) in [6.07, 6.45) is 0.942. The molecule has 0 unspecified atom stereocenters. The maximum absolute atomic E-state index is 13.1. The number of fused-ring (bicyclic) bond motifs is 1. The summed E-state index contributed by atoms with van der Waals surface area (Å²) in [6.45, 7) is 6.02. The minimum Gasteiger partial charge on any atom is -0.383 e. The molecule has 1 aliphatic rings. The molecule has 2 N–H and O–H groups in total. The van der Waals surface area contributed by atoms with Crippen molar-refractivity contribution < 1.29 is 14.4 Å². The van der Waals surface area contributed by atoms with E-state index < -0.39 is 0 Å². The second kappa shape index (κ2) is 8.81. The number of aryl methyl sites for hydroxylation is 1. The van der Waals surface area contributed by atoms with Crippen molar-refractivity contribution >= 4 is 10.9 Å². The molecule has 2 aromatic heterocycles. The minimum atomic E-state index is -0.274. The average Bonchev–Trinajstić information content (AvgIpc) is 3.21. The van der Waals surface area contributed by atoms with Crippen LogP contribution in [0.2, 0.25) is 0 Å². The molecule has 0 spiro atoms. The number of nitrogens with zero attached hydrogens (tertiary/aromatic N) is 4. The van der Waals surface area contributed by atoms with Gasteiger partial charge in [0.05, 0.1) is 31.9 Å². The molecule has 1 atom stereocenters. The van der Waals surface area contributed by atoms with Crippen LogP contribution in [-0.2, 0) is 22.4 Å². The largest absolute Gasteiger partial charge is 0.383 e. The van der Waals surface area contributed by atoms with Crippen LogP contribution >= 0.6 is 0 Å². The van der Waals surface area contributed by atoms with Gasteiger partial charge in [-0.15, -0.1) is 5.10 Å². The molecule has 0 radical (unpaired) electrons. The first-order chi connectivity index (χ1) is 14.2. The minimum absolute atomic E-state index is 0.105. The van der Waals surface area contributed by atoms with Crippen molar-refractivity contribution in [2.75, 3.05) is 40.0 Å². The summed E-state index contributed by atoms with van der Waals surface area (Å²) in [5.74, 6) is 0.676. The van der Waals surface area contributed by atoms with E-state index in [0.717, 1.165) is 30.4 Å². The van der Waals surface area contributed by atoms with E-state index in [-0.39, 0.29) is 11.6 Å². The summed E-state index contributed by atoms with van der Waals surface area (Å²) in [4.78, 5) is 17.4. The van der Waals surface area contributed by atoms with Crippen LogP contribution in [0.5, 0.6) is 0 Å². The topological polar surface area (TPSA) is 99.4 Å². The van der Waals surface area contributed by atoms with Gasteiger partial charge in [0, 0.05) is 12.6 Å². The molecule has 1 aromatic carbocycles. The zero-order chi connectivity index (χ0) is 20.2. The van der Waals surface area contributed by atoms with E-state index in [9.17, 15) is 4.79 Å². The molecule has 9 nitrogen and oxygen atoms in total. The molecule has 0 aliphatic carbocycles. The van der Waals surface area contributed by atoms with Gasteiger partial charge >= 0.3 is 0 Å². The lowest BCUT2D eigenvalue weighted by Gasteiger charge is -2.30. The number of quaternary nitrogens is 1. The quantitative estimate of drug-likeness (QED) is 0.567. The van der Waals surface area contributed by atoms with Crippen molar-refractivity contribution in [3.63, 3.8) is 0 Å². The second-order valence-electron chi connectivity index (χ2n) is 7.29. The summed E-state index contributed by atoms with van der Waals surface area (Å²) in [7, 11) is 1.65. The van der Waals surface area contributed by atoms with Gasteiger partial charge in [-0.25, -0.2) is 4.68 Å². The molecule has 0 amide bonds. The van der Waals surface area contributed by atoms with E-state index in [1.54, 1.807) is 11.8 Å². The number of pyridine rings is 1. The number of aromatic amines is 1. The van der Waals surface area contributed by atoms with Gasteiger partial charge in [0.25, 0.3) is 5.56 Å².